The lowest BCUT2D eigenvalue weighted by Crippen LogP contribution is -2.28. The Bertz CT molecular complexity index is 1040. The zero-order chi connectivity index (χ0) is 22.5. The smallest absolute Gasteiger partial charge is 0.336 e. The molecule has 2 aromatic carbocycles. The highest BCUT2D eigenvalue weighted by Crippen LogP contribution is 2.38. The number of methoxy groups -OCH3 is 2. The predicted molar refractivity (Wildman–Crippen MR) is 108 cm³/mol. The number of hydrogen-bond acceptors (Lipinski definition) is 7. The van der Waals surface area contributed by atoms with Gasteiger partial charge in [0.05, 0.1) is 36.2 Å². The quantitative estimate of drug-likeness (QED) is 0.396. The number of hydrogen-bond donors (Lipinski definition) is 0. The fourth-order valence-corrected chi connectivity index (χ4v) is 3.36. The summed E-state index contributed by atoms with van der Waals surface area (Å²) in [6.45, 7) is 0.239. The van der Waals surface area contributed by atoms with E-state index in [1.54, 1.807) is 23.1 Å². The molecule has 8 nitrogen and oxygen atoms in total. The van der Waals surface area contributed by atoms with Gasteiger partial charge in [0.25, 0.3) is 5.69 Å². The van der Waals surface area contributed by atoms with Crippen molar-refractivity contribution in [3.8, 4) is 0 Å². The summed E-state index contributed by atoms with van der Waals surface area (Å²) in [5.41, 5.74) is 1.13. The fourth-order valence-electron chi connectivity index (χ4n) is 3.36. The van der Waals surface area contributed by atoms with Crippen molar-refractivity contribution < 1.29 is 28.4 Å². The molecule has 0 aliphatic carbocycles. The molecule has 0 aromatic heterocycles. The van der Waals surface area contributed by atoms with Gasteiger partial charge >= 0.3 is 11.9 Å². The molecule has 0 atom stereocenters. The Morgan fingerprint density at radius 1 is 1.03 bits per heavy atom. The minimum absolute atomic E-state index is 0.105. The zero-order valence-electron chi connectivity index (χ0n) is 16.8. The van der Waals surface area contributed by atoms with E-state index < -0.39 is 22.8 Å². The highest BCUT2D eigenvalue weighted by atomic mass is 19.1. The Balaban J connectivity index is 2.09. The number of non-ortho nitro benzene ring substituents is 1. The molecule has 0 amide bonds. The molecule has 9 heteroatoms. The number of carbonyl (C=O) groups excluding carboxylic acids is 2. The second-order valence-corrected chi connectivity index (χ2v) is 6.74. The molecule has 0 fully saturated rings. The van der Waals surface area contributed by atoms with Crippen molar-refractivity contribution in [3.63, 3.8) is 0 Å². The molecular weight excluding hydrogens is 407 g/mol. The third-order valence-electron chi connectivity index (χ3n) is 4.77. The second kappa shape index (κ2) is 9.21. The van der Waals surface area contributed by atoms with E-state index in [-0.39, 0.29) is 29.2 Å². The van der Waals surface area contributed by atoms with E-state index in [0.717, 1.165) is 5.56 Å². The topological polar surface area (TPSA) is 99.0 Å². The van der Waals surface area contributed by atoms with Gasteiger partial charge < -0.3 is 14.4 Å². The molecule has 0 radical (unpaired) electrons. The molecule has 160 valence electrons. The Hall–Kier alpha value is -4.01. The molecule has 0 N–H and O–H groups in total. The number of halogens is 1. The van der Waals surface area contributed by atoms with Crippen LogP contribution in [0.1, 0.15) is 17.0 Å². The van der Waals surface area contributed by atoms with Gasteiger partial charge in [0, 0.05) is 31.1 Å². The van der Waals surface area contributed by atoms with Gasteiger partial charge in [-0.3, -0.25) is 10.1 Å². The van der Waals surface area contributed by atoms with Gasteiger partial charge in [0.15, 0.2) is 0 Å². The van der Waals surface area contributed by atoms with E-state index in [1.807, 2.05) is 0 Å². The Labute approximate surface area is 177 Å². The summed E-state index contributed by atoms with van der Waals surface area (Å²) in [6, 6.07) is 11.5. The standard InChI is InChI=1S/C22H19FN2O6/c1-30-21(26)18-12-24(11-14-6-8-16(23)9-7-14)13-19(22(27)31-2)20(18)15-4-3-5-17(10-15)25(28)29/h3-10,12-13,20H,11H2,1-2H3. The molecule has 1 heterocycles. The molecule has 0 saturated carbocycles. The van der Waals surface area contributed by atoms with Crippen LogP contribution in [0.5, 0.6) is 0 Å². The molecule has 31 heavy (non-hydrogen) atoms. The van der Waals surface area contributed by atoms with Crippen molar-refractivity contribution in [2.75, 3.05) is 14.2 Å². The summed E-state index contributed by atoms with van der Waals surface area (Å²) in [4.78, 5) is 37.4. The van der Waals surface area contributed by atoms with Crippen molar-refractivity contribution >= 4 is 17.6 Å². The minimum Gasteiger partial charge on any atom is -0.466 e. The van der Waals surface area contributed by atoms with Crippen LogP contribution in [-0.4, -0.2) is 36.0 Å². The van der Waals surface area contributed by atoms with Crippen LogP contribution in [0, 0.1) is 15.9 Å². The van der Waals surface area contributed by atoms with Crippen LogP contribution in [0.25, 0.3) is 0 Å². The summed E-state index contributed by atoms with van der Waals surface area (Å²) in [5, 5.41) is 11.2. The lowest BCUT2D eigenvalue weighted by Gasteiger charge is -2.30. The van der Waals surface area contributed by atoms with E-state index in [9.17, 15) is 24.1 Å². The predicted octanol–water partition coefficient (Wildman–Crippen LogP) is 3.45. The van der Waals surface area contributed by atoms with Gasteiger partial charge in [-0.2, -0.15) is 0 Å². The summed E-state index contributed by atoms with van der Waals surface area (Å²) in [5.74, 6) is -2.71. The third kappa shape index (κ3) is 4.77. The van der Waals surface area contributed by atoms with Crippen molar-refractivity contribution in [1.29, 1.82) is 0 Å². The first-order chi connectivity index (χ1) is 14.8. The van der Waals surface area contributed by atoms with Gasteiger partial charge in [0.2, 0.25) is 0 Å². The van der Waals surface area contributed by atoms with E-state index in [1.165, 1.54) is 57.0 Å². The molecule has 2 aromatic rings. The molecular formula is C22H19FN2O6. The Morgan fingerprint density at radius 3 is 2.13 bits per heavy atom. The number of esters is 2. The lowest BCUT2D eigenvalue weighted by molar-refractivity contribution is -0.384. The number of rotatable bonds is 6. The first-order valence-electron chi connectivity index (χ1n) is 9.18. The van der Waals surface area contributed by atoms with Crippen molar-refractivity contribution in [1.82, 2.24) is 4.90 Å². The molecule has 0 saturated heterocycles. The fraction of sp³-hybridized carbons (Fsp3) is 0.182. The summed E-state index contributed by atoms with van der Waals surface area (Å²) in [7, 11) is 2.41. The van der Waals surface area contributed by atoms with Gasteiger partial charge in [0.1, 0.15) is 5.82 Å². The zero-order valence-corrected chi connectivity index (χ0v) is 16.8. The molecule has 0 spiro atoms. The summed E-state index contributed by atoms with van der Waals surface area (Å²) < 4.78 is 23.0. The van der Waals surface area contributed by atoms with E-state index in [0.29, 0.717) is 5.56 Å². The number of nitrogens with zero attached hydrogens (tertiary/aromatic N) is 2. The van der Waals surface area contributed by atoms with Gasteiger partial charge in [-0.05, 0) is 23.3 Å². The van der Waals surface area contributed by atoms with Crippen LogP contribution in [0.4, 0.5) is 10.1 Å². The van der Waals surface area contributed by atoms with Crippen LogP contribution < -0.4 is 0 Å². The normalized spacial score (nSPS) is 13.8. The van der Waals surface area contributed by atoms with Gasteiger partial charge in [-0.1, -0.05) is 24.3 Å². The number of ether oxygens (including phenoxy) is 2. The first kappa shape index (κ1) is 21.7. The molecule has 1 aliphatic heterocycles. The number of nitro groups is 1. The minimum atomic E-state index is -0.927. The van der Waals surface area contributed by atoms with Gasteiger partial charge in [-0.15, -0.1) is 0 Å². The Kier molecular flexibility index (Phi) is 6.44. The molecule has 3 rings (SSSR count). The Morgan fingerprint density at radius 2 is 1.61 bits per heavy atom. The number of benzene rings is 2. The highest BCUT2D eigenvalue weighted by molar-refractivity contribution is 5.98. The maximum absolute atomic E-state index is 13.2. The van der Waals surface area contributed by atoms with Gasteiger partial charge in [-0.25, -0.2) is 14.0 Å². The third-order valence-corrected chi connectivity index (χ3v) is 4.77. The monoisotopic (exact) mass is 426 g/mol. The van der Waals surface area contributed by atoms with Crippen molar-refractivity contribution in [2.45, 2.75) is 12.5 Å². The van der Waals surface area contributed by atoms with Crippen LogP contribution in [-0.2, 0) is 25.6 Å². The van der Waals surface area contributed by atoms with Crippen LogP contribution in [0.3, 0.4) is 0 Å². The lowest BCUT2D eigenvalue weighted by atomic mass is 9.83. The van der Waals surface area contributed by atoms with E-state index in [4.69, 9.17) is 9.47 Å². The van der Waals surface area contributed by atoms with E-state index >= 15 is 0 Å². The number of nitro benzene ring substituents is 1. The van der Waals surface area contributed by atoms with E-state index in [2.05, 4.69) is 0 Å². The van der Waals surface area contributed by atoms with Crippen molar-refractivity contribution in [2.24, 2.45) is 0 Å². The van der Waals surface area contributed by atoms with Crippen LogP contribution in [0.15, 0.2) is 72.1 Å². The molecule has 1 aliphatic rings. The number of carbonyl (C=O) groups is 2. The summed E-state index contributed by atoms with van der Waals surface area (Å²) in [6.07, 6.45) is 3.01. The van der Waals surface area contributed by atoms with Crippen molar-refractivity contribution in [3.05, 3.63) is 99.1 Å². The maximum atomic E-state index is 13.2. The largest absolute Gasteiger partial charge is 0.466 e. The first-order valence-corrected chi connectivity index (χ1v) is 9.18. The average molecular weight is 426 g/mol. The molecule has 0 unspecified atom stereocenters. The van der Waals surface area contributed by atoms with Crippen LogP contribution in [0.2, 0.25) is 0 Å². The van der Waals surface area contributed by atoms with Crippen LogP contribution >= 0.6 is 0 Å². The second-order valence-electron chi connectivity index (χ2n) is 6.74. The average Bonchev–Trinajstić information content (AvgIpc) is 2.79. The molecule has 0 bridgehead atoms. The summed E-state index contributed by atoms with van der Waals surface area (Å²) >= 11 is 0. The maximum Gasteiger partial charge on any atom is 0.336 e. The SMILES string of the molecule is COC(=O)C1=CN(Cc2ccc(F)cc2)C=C(C(=O)OC)C1c1cccc([N+](=O)[O-])c1. The highest BCUT2D eigenvalue weighted by Gasteiger charge is 2.35.